The molecule has 0 fully saturated rings. The van der Waals surface area contributed by atoms with Crippen molar-refractivity contribution < 1.29 is 65.6 Å². The summed E-state index contributed by atoms with van der Waals surface area (Å²) in [7, 11) is 0. The first kappa shape index (κ1) is 41.5. The van der Waals surface area contributed by atoms with Gasteiger partial charge in [0.15, 0.2) is 0 Å². The number of fused-ring (bicyclic) bond motifs is 1. The van der Waals surface area contributed by atoms with Gasteiger partial charge in [-0.15, -0.1) is 0 Å². The number of rotatable bonds is 6. The molecular weight excluding hydrogens is 670 g/mol. The van der Waals surface area contributed by atoms with Crippen molar-refractivity contribution >= 4 is 41.1 Å². The highest BCUT2D eigenvalue weighted by Crippen LogP contribution is 2.27. The molecule has 4 rings (SSSR count). The molecule has 1 aliphatic heterocycles. The predicted molar refractivity (Wildman–Crippen MR) is 164 cm³/mol. The van der Waals surface area contributed by atoms with Crippen LogP contribution < -0.4 is 21.3 Å². The van der Waals surface area contributed by atoms with Gasteiger partial charge in [-0.2, -0.15) is 26.3 Å². The van der Waals surface area contributed by atoms with Gasteiger partial charge in [0.2, 0.25) is 5.91 Å². The fourth-order valence-corrected chi connectivity index (χ4v) is 3.88. The summed E-state index contributed by atoms with van der Waals surface area (Å²) in [6, 6.07) is 21.9. The van der Waals surface area contributed by atoms with E-state index in [2.05, 4.69) is 6.07 Å². The maximum absolute atomic E-state index is 12.7. The Labute approximate surface area is 275 Å². The Morgan fingerprint density at radius 1 is 0.755 bits per heavy atom. The molecule has 266 valence electrons. The lowest BCUT2D eigenvalue weighted by Gasteiger charge is -2.21. The average Bonchev–Trinajstić information content (AvgIpc) is 3.48. The SMILES string of the molecule is CC(=O)N1CCc2ccccc21.NCc1ccc(N(CC(=O)O)C(=O)c2cccc(CN)c2)cc1.O=C(O)C(F)(F)F.O=C(O)C(F)(F)F. The number of nitrogens with two attached hydrogens (primary N) is 2. The molecule has 0 atom stereocenters. The maximum Gasteiger partial charge on any atom is 0.490 e. The summed E-state index contributed by atoms with van der Waals surface area (Å²) >= 11 is 0. The van der Waals surface area contributed by atoms with Crippen LogP contribution in [0.3, 0.4) is 0 Å². The van der Waals surface area contributed by atoms with Gasteiger partial charge in [-0.25, -0.2) is 9.59 Å². The van der Waals surface area contributed by atoms with Crippen LogP contribution in [-0.2, 0) is 38.7 Å². The molecular formula is C31H32F6N4O8. The minimum atomic E-state index is -5.08. The number of aliphatic carboxylic acids is 3. The molecule has 3 aromatic rings. The van der Waals surface area contributed by atoms with Gasteiger partial charge in [0.25, 0.3) is 5.91 Å². The van der Waals surface area contributed by atoms with Crippen molar-refractivity contribution in [3.05, 3.63) is 95.1 Å². The summed E-state index contributed by atoms with van der Waals surface area (Å²) in [6.07, 6.45) is -9.17. The van der Waals surface area contributed by atoms with Crippen LogP contribution in [0.15, 0.2) is 72.8 Å². The fourth-order valence-electron chi connectivity index (χ4n) is 3.88. The van der Waals surface area contributed by atoms with Gasteiger partial charge in [-0.05, 0) is 53.4 Å². The molecule has 0 unspecified atom stereocenters. The number of carboxylic acid groups (broad SMARTS) is 3. The van der Waals surface area contributed by atoms with Crippen LogP contribution in [0, 0.1) is 0 Å². The molecule has 0 saturated heterocycles. The van der Waals surface area contributed by atoms with Crippen molar-refractivity contribution in [1.82, 2.24) is 0 Å². The van der Waals surface area contributed by atoms with Crippen molar-refractivity contribution in [2.24, 2.45) is 11.5 Å². The number of hydrogen-bond acceptors (Lipinski definition) is 7. The first-order valence-corrected chi connectivity index (χ1v) is 13.8. The van der Waals surface area contributed by atoms with Crippen molar-refractivity contribution in [3.63, 3.8) is 0 Å². The van der Waals surface area contributed by atoms with Gasteiger partial charge >= 0.3 is 30.3 Å². The van der Waals surface area contributed by atoms with E-state index in [0.29, 0.717) is 24.3 Å². The first-order chi connectivity index (χ1) is 22.7. The number of carbonyl (C=O) groups is 5. The molecule has 0 bridgehead atoms. The number of halogens is 6. The number of carbonyl (C=O) groups excluding carboxylic acids is 2. The summed E-state index contributed by atoms with van der Waals surface area (Å²) in [4.78, 5) is 55.8. The molecule has 3 aromatic carbocycles. The topological polar surface area (TPSA) is 205 Å². The Balaban J connectivity index is 0.000000382. The minimum absolute atomic E-state index is 0.139. The molecule has 0 saturated carbocycles. The molecule has 0 aromatic heterocycles. The van der Waals surface area contributed by atoms with Crippen molar-refractivity contribution in [2.45, 2.75) is 38.8 Å². The van der Waals surface area contributed by atoms with Crippen molar-refractivity contribution in [1.29, 1.82) is 0 Å². The summed E-state index contributed by atoms with van der Waals surface area (Å²) in [5.74, 6) is -6.85. The van der Waals surface area contributed by atoms with Gasteiger partial charge in [0.05, 0.1) is 0 Å². The number of alkyl halides is 6. The molecule has 0 aliphatic carbocycles. The van der Waals surface area contributed by atoms with E-state index in [4.69, 9.17) is 36.4 Å². The Hall–Kier alpha value is -5.49. The summed E-state index contributed by atoms with van der Waals surface area (Å²) < 4.78 is 63.5. The van der Waals surface area contributed by atoms with Crippen LogP contribution in [-0.4, -0.2) is 70.5 Å². The normalized spacial score (nSPS) is 11.7. The Bertz CT molecular complexity index is 1570. The lowest BCUT2D eigenvalue weighted by atomic mass is 10.1. The Morgan fingerprint density at radius 3 is 1.71 bits per heavy atom. The number of para-hydroxylation sites is 1. The molecule has 1 heterocycles. The van der Waals surface area contributed by atoms with Crippen LogP contribution in [0.5, 0.6) is 0 Å². The summed E-state index contributed by atoms with van der Waals surface area (Å²) in [5.41, 5.74) is 16.1. The highest BCUT2D eigenvalue weighted by Gasteiger charge is 2.38. The third-order valence-electron chi connectivity index (χ3n) is 6.18. The molecule has 18 heteroatoms. The maximum atomic E-state index is 12.7. The quantitative estimate of drug-likeness (QED) is 0.232. The van der Waals surface area contributed by atoms with E-state index in [1.165, 1.54) is 10.5 Å². The van der Waals surface area contributed by atoms with E-state index >= 15 is 0 Å². The zero-order chi connectivity index (χ0) is 37.5. The van der Waals surface area contributed by atoms with E-state index in [1.54, 1.807) is 49.4 Å². The third kappa shape index (κ3) is 14.0. The van der Waals surface area contributed by atoms with Gasteiger partial charge in [-0.3, -0.25) is 19.3 Å². The van der Waals surface area contributed by atoms with Crippen molar-refractivity contribution in [3.8, 4) is 0 Å². The minimum Gasteiger partial charge on any atom is -0.480 e. The number of carboxylic acids is 3. The van der Waals surface area contributed by atoms with E-state index in [0.717, 1.165) is 29.8 Å². The van der Waals surface area contributed by atoms with Crippen molar-refractivity contribution in [2.75, 3.05) is 22.9 Å². The highest BCUT2D eigenvalue weighted by molar-refractivity contribution is 6.08. The number of benzene rings is 3. The molecule has 1 aliphatic rings. The summed E-state index contributed by atoms with van der Waals surface area (Å²) in [5, 5.41) is 23.4. The fraction of sp³-hybridized carbons (Fsp3) is 0.258. The van der Waals surface area contributed by atoms with Gasteiger partial charge in [-0.1, -0.05) is 42.5 Å². The monoisotopic (exact) mass is 702 g/mol. The molecule has 7 N–H and O–H groups in total. The number of anilines is 2. The van der Waals surface area contributed by atoms with Gasteiger partial charge in [0, 0.05) is 43.5 Å². The lowest BCUT2D eigenvalue weighted by molar-refractivity contribution is -0.193. The van der Waals surface area contributed by atoms with E-state index in [-0.39, 0.29) is 11.8 Å². The van der Waals surface area contributed by atoms with Crippen LogP contribution in [0.2, 0.25) is 0 Å². The Kier molecular flexibility index (Phi) is 15.9. The zero-order valence-corrected chi connectivity index (χ0v) is 25.7. The smallest absolute Gasteiger partial charge is 0.480 e. The second-order valence-electron chi connectivity index (χ2n) is 9.72. The van der Waals surface area contributed by atoms with Crippen LogP contribution >= 0.6 is 0 Å². The average molecular weight is 703 g/mol. The largest absolute Gasteiger partial charge is 0.490 e. The van der Waals surface area contributed by atoms with E-state index < -0.39 is 36.8 Å². The molecule has 0 radical (unpaired) electrons. The molecule has 2 amide bonds. The van der Waals surface area contributed by atoms with E-state index in [9.17, 15) is 40.7 Å². The van der Waals surface area contributed by atoms with E-state index in [1.807, 2.05) is 29.2 Å². The summed E-state index contributed by atoms with van der Waals surface area (Å²) in [6.45, 7) is 2.72. The first-order valence-electron chi connectivity index (χ1n) is 13.8. The molecule has 12 nitrogen and oxygen atoms in total. The number of nitrogens with zero attached hydrogens (tertiary/aromatic N) is 2. The van der Waals surface area contributed by atoms with Crippen LogP contribution in [0.1, 0.15) is 34.0 Å². The van der Waals surface area contributed by atoms with Crippen LogP contribution in [0.4, 0.5) is 37.7 Å². The van der Waals surface area contributed by atoms with Gasteiger partial charge in [0.1, 0.15) is 6.54 Å². The second-order valence-corrected chi connectivity index (χ2v) is 9.72. The standard InChI is InChI=1S/C17H19N3O3.C10H11NO.2C2HF3O2/c18-9-12-4-6-15(7-5-12)20(11-16(21)22)17(23)14-3-1-2-13(8-14)10-19;1-8(12)11-7-6-9-4-2-3-5-10(9)11;2*3-2(4,5)1(6)7/h1-8H,9-11,18-19H2,(H,21,22);2-5H,6-7H2,1H3;2*(H,6,7). The second kappa shape index (κ2) is 18.7. The number of amides is 2. The Morgan fingerprint density at radius 2 is 1.27 bits per heavy atom. The lowest BCUT2D eigenvalue weighted by Crippen LogP contribution is -2.35. The van der Waals surface area contributed by atoms with Crippen LogP contribution in [0.25, 0.3) is 0 Å². The highest BCUT2D eigenvalue weighted by atomic mass is 19.4. The molecule has 49 heavy (non-hydrogen) atoms. The van der Waals surface area contributed by atoms with Gasteiger partial charge < -0.3 is 31.7 Å². The zero-order valence-electron chi connectivity index (χ0n) is 25.7. The third-order valence-corrected chi connectivity index (χ3v) is 6.18. The molecule has 0 spiro atoms. The predicted octanol–water partition coefficient (Wildman–Crippen LogP) is 4.20. The number of hydrogen-bond donors (Lipinski definition) is 5.